The smallest absolute Gasteiger partial charge is 0.326 e. The average molecular weight is 350 g/mol. The van der Waals surface area contributed by atoms with Gasteiger partial charge in [-0.25, -0.2) is 4.79 Å². The van der Waals surface area contributed by atoms with Crippen LogP contribution < -0.4 is 15.9 Å². The highest BCUT2D eigenvalue weighted by Crippen LogP contribution is 2.20. The van der Waals surface area contributed by atoms with E-state index in [0.717, 1.165) is 24.1 Å². The van der Waals surface area contributed by atoms with E-state index < -0.39 is 0 Å². The Bertz CT molecular complexity index is 965. The van der Waals surface area contributed by atoms with Gasteiger partial charge in [0, 0.05) is 37.4 Å². The zero-order valence-electron chi connectivity index (χ0n) is 14.6. The third kappa shape index (κ3) is 3.22. The molecule has 2 N–H and O–H groups in total. The number of aromatic amines is 1. The van der Waals surface area contributed by atoms with Gasteiger partial charge in [0.1, 0.15) is 0 Å². The molecule has 2 heterocycles. The van der Waals surface area contributed by atoms with Crippen LogP contribution in [0.5, 0.6) is 0 Å². The molecule has 1 aliphatic rings. The fourth-order valence-corrected chi connectivity index (χ4v) is 3.51. The fourth-order valence-electron chi connectivity index (χ4n) is 3.51. The van der Waals surface area contributed by atoms with Crippen molar-refractivity contribution < 1.29 is 4.79 Å². The zero-order valence-corrected chi connectivity index (χ0v) is 14.6. The van der Waals surface area contributed by atoms with Crippen LogP contribution in [0.4, 0.5) is 5.69 Å². The third-order valence-electron chi connectivity index (χ3n) is 4.90. The number of rotatable bonds is 5. The minimum absolute atomic E-state index is 0.120. The third-order valence-corrected chi connectivity index (χ3v) is 4.90. The molecule has 134 valence electrons. The van der Waals surface area contributed by atoms with Crippen molar-refractivity contribution in [3.05, 3.63) is 64.6 Å². The first-order valence-corrected chi connectivity index (χ1v) is 9.03. The molecule has 26 heavy (non-hydrogen) atoms. The summed E-state index contributed by atoms with van der Waals surface area (Å²) < 4.78 is 1.64. The first kappa shape index (κ1) is 16.4. The normalized spacial score (nSPS) is 14.1. The van der Waals surface area contributed by atoms with Gasteiger partial charge in [-0.3, -0.25) is 9.36 Å². The summed E-state index contributed by atoms with van der Waals surface area (Å²) in [6.45, 7) is 3.00. The van der Waals surface area contributed by atoms with E-state index in [1.807, 2.05) is 48.5 Å². The number of hydrogen-bond donors (Lipinski definition) is 2. The topological polar surface area (TPSA) is 70.1 Å². The van der Waals surface area contributed by atoms with Gasteiger partial charge >= 0.3 is 5.69 Å². The van der Waals surface area contributed by atoms with E-state index in [0.29, 0.717) is 18.7 Å². The number of H-pyrrole nitrogens is 1. The van der Waals surface area contributed by atoms with Crippen LogP contribution in [0.15, 0.2) is 53.3 Å². The van der Waals surface area contributed by atoms with Gasteiger partial charge in [-0.15, -0.1) is 0 Å². The number of imidazole rings is 1. The number of amides is 1. The predicted octanol–water partition coefficient (Wildman–Crippen LogP) is 2.36. The molecule has 0 radical (unpaired) electrons. The highest BCUT2D eigenvalue weighted by molar-refractivity contribution is 5.94. The van der Waals surface area contributed by atoms with Crippen molar-refractivity contribution in [3.8, 4) is 0 Å². The first-order valence-electron chi connectivity index (χ1n) is 9.03. The molecule has 1 saturated heterocycles. The van der Waals surface area contributed by atoms with Crippen molar-refractivity contribution >= 4 is 22.6 Å². The fraction of sp³-hybridized carbons (Fsp3) is 0.300. The Balaban J connectivity index is 1.37. The standard InChI is InChI=1S/C20H22N4O2/c25-19(15-7-9-16(10-8-15)23-12-3-4-13-23)21-11-14-24-18-6-2-1-5-17(18)22-20(24)26/h1-2,5-10H,3-4,11-14H2,(H,21,25)(H,22,26). The maximum atomic E-state index is 12.3. The minimum atomic E-state index is -0.157. The minimum Gasteiger partial charge on any atom is -0.372 e. The van der Waals surface area contributed by atoms with Crippen LogP contribution in [-0.4, -0.2) is 35.1 Å². The summed E-state index contributed by atoms with van der Waals surface area (Å²) in [7, 11) is 0. The summed E-state index contributed by atoms with van der Waals surface area (Å²) in [5, 5.41) is 2.89. The van der Waals surface area contributed by atoms with Crippen molar-refractivity contribution in [2.24, 2.45) is 0 Å². The zero-order chi connectivity index (χ0) is 17.9. The number of anilines is 1. The molecule has 0 saturated carbocycles. The van der Waals surface area contributed by atoms with Crippen molar-refractivity contribution in [3.63, 3.8) is 0 Å². The second kappa shape index (κ2) is 7.07. The summed E-state index contributed by atoms with van der Waals surface area (Å²) in [4.78, 5) is 29.5. The molecule has 0 unspecified atom stereocenters. The summed E-state index contributed by atoms with van der Waals surface area (Å²) in [6, 6.07) is 15.3. The summed E-state index contributed by atoms with van der Waals surface area (Å²) in [6.07, 6.45) is 2.46. The lowest BCUT2D eigenvalue weighted by molar-refractivity contribution is 0.0952. The first-order chi connectivity index (χ1) is 12.7. The molecule has 6 nitrogen and oxygen atoms in total. The molecule has 0 atom stereocenters. The van der Waals surface area contributed by atoms with E-state index in [-0.39, 0.29) is 11.6 Å². The Labute approximate surface area is 151 Å². The van der Waals surface area contributed by atoms with Gasteiger partial charge in [0.25, 0.3) is 5.91 Å². The van der Waals surface area contributed by atoms with E-state index in [4.69, 9.17) is 0 Å². The molecule has 0 bridgehead atoms. The van der Waals surface area contributed by atoms with Gasteiger partial charge in [-0.1, -0.05) is 12.1 Å². The van der Waals surface area contributed by atoms with E-state index in [1.54, 1.807) is 4.57 Å². The molecule has 0 aliphatic carbocycles. The van der Waals surface area contributed by atoms with Crippen LogP contribution in [0.25, 0.3) is 11.0 Å². The number of nitrogens with zero attached hydrogens (tertiary/aromatic N) is 2. The number of benzene rings is 2. The van der Waals surface area contributed by atoms with Gasteiger partial charge in [0.05, 0.1) is 11.0 Å². The van der Waals surface area contributed by atoms with Crippen LogP contribution in [0.3, 0.4) is 0 Å². The SMILES string of the molecule is O=C(NCCn1c(=O)[nH]c2ccccc21)c1ccc(N2CCCC2)cc1. The highest BCUT2D eigenvalue weighted by atomic mass is 16.2. The lowest BCUT2D eigenvalue weighted by Gasteiger charge is -2.17. The molecule has 1 aliphatic heterocycles. The average Bonchev–Trinajstić information content (AvgIpc) is 3.30. The summed E-state index contributed by atoms with van der Waals surface area (Å²) in [5.74, 6) is -0.120. The number of nitrogens with one attached hydrogen (secondary N) is 2. The number of aromatic nitrogens is 2. The lowest BCUT2D eigenvalue weighted by Crippen LogP contribution is -2.30. The molecule has 3 aromatic rings. The number of carbonyl (C=O) groups is 1. The van der Waals surface area contributed by atoms with Crippen molar-refractivity contribution in [1.82, 2.24) is 14.9 Å². The van der Waals surface area contributed by atoms with Crippen molar-refractivity contribution in [2.45, 2.75) is 19.4 Å². The summed E-state index contributed by atoms with van der Waals surface area (Å²) >= 11 is 0. The van der Waals surface area contributed by atoms with E-state index in [1.165, 1.54) is 18.5 Å². The van der Waals surface area contributed by atoms with Crippen LogP contribution in [0.1, 0.15) is 23.2 Å². The molecule has 4 rings (SSSR count). The largest absolute Gasteiger partial charge is 0.372 e. The van der Waals surface area contributed by atoms with Gasteiger partial charge in [-0.05, 0) is 49.2 Å². The Hall–Kier alpha value is -3.02. The molecule has 2 aromatic carbocycles. The maximum Gasteiger partial charge on any atom is 0.326 e. The van der Waals surface area contributed by atoms with Crippen LogP contribution >= 0.6 is 0 Å². The van der Waals surface area contributed by atoms with Gasteiger partial charge < -0.3 is 15.2 Å². The Morgan fingerprint density at radius 1 is 1.04 bits per heavy atom. The van der Waals surface area contributed by atoms with Crippen molar-refractivity contribution in [1.29, 1.82) is 0 Å². The quantitative estimate of drug-likeness (QED) is 0.742. The van der Waals surface area contributed by atoms with Gasteiger partial charge in [-0.2, -0.15) is 0 Å². The van der Waals surface area contributed by atoms with Gasteiger partial charge in [0.2, 0.25) is 0 Å². The second-order valence-electron chi connectivity index (χ2n) is 6.60. The lowest BCUT2D eigenvalue weighted by atomic mass is 10.2. The van der Waals surface area contributed by atoms with Crippen LogP contribution in [0, 0.1) is 0 Å². The van der Waals surface area contributed by atoms with E-state index >= 15 is 0 Å². The van der Waals surface area contributed by atoms with Crippen molar-refractivity contribution in [2.75, 3.05) is 24.5 Å². The Morgan fingerprint density at radius 2 is 1.77 bits per heavy atom. The second-order valence-corrected chi connectivity index (χ2v) is 6.60. The maximum absolute atomic E-state index is 12.3. The Morgan fingerprint density at radius 3 is 2.54 bits per heavy atom. The molecule has 6 heteroatoms. The van der Waals surface area contributed by atoms with E-state index in [9.17, 15) is 9.59 Å². The monoisotopic (exact) mass is 350 g/mol. The van der Waals surface area contributed by atoms with Crippen LogP contribution in [-0.2, 0) is 6.54 Å². The highest BCUT2D eigenvalue weighted by Gasteiger charge is 2.13. The summed E-state index contributed by atoms with van der Waals surface area (Å²) in [5.41, 5.74) is 3.31. The molecule has 1 aromatic heterocycles. The number of fused-ring (bicyclic) bond motifs is 1. The van der Waals surface area contributed by atoms with E-state index in [2.05, 4.69) is 15.2 Å². The molecule has 0 spiro atoms. The number of para-hydroxylation sites is 2. The van der Waals surface area contributed by atoms with Gasteiger partial charge in [0.15, 0.2) is 0 Å². The predicted molar refractivity (Wildman–Crippen MR) is 103 cm³/mol. The molecular weight excluding hydrogens is 328 g/mol. The molecular formula is C20H22N4O2. The molecule has 1 fully saturated rings. The molecule has 1 amide bonds. The number of carbonyl (C=O) groups excluding carboxylic acids is 1. The Kier molecular flexibility index (Phi) is 4.48. The van der Waals surface area contributed by atoms with Crippen LogP contribution in [0.2, 0.25) is 0 Å². The number of hydrogen-bond acceptors (Lipinski definition) is 3.